The Kier molecular flexibility index (Phi) is 6.49. The molecule has 162 valence electrons. The molecule has 0 spiro atoms. The van der Waals surface area contributed by atoms with E-state index in [2.05, 4.69) is 36.4 Å². The second-order valence-corrected chi connectivity index (χ2v) is 8.71. The maximum atomic E-state index is 12.6. The molecule has 0 aliphatic carbocycles. The van der Waals surface area contributed by atoms with E-state index in [1.165, 1.54) is 0 Å². The SMILES string of the molecule is Cc1ccc(NC(=O)Nc2ccc(N(C)C)nc2Oc2ccccc2C(C)(C)C)cc1. The highest BCUT2D eigenvalue weighted by atomic mass is 16.5. The molecular formula is C25H30N4O2. The molecule has 3 rings (SSSR count). The van der Waals surface area contributed by atoms with Gasteiger partial charge in [-0.05, 0) is 42.7 Å². The van der Waals surface area contributed by atoms with Crippen molar-refractivity contribution in [2.24, 2.45) is 0 Å². The molecule has 0 unspecified atom stereocenters. The molecule has 2 N–H and O–H groups in total. The third kappa shape index (κ3) is 5.75. The van der Waals surface area contributed by atoms with E-state index in [9.17, 15) is 4.79 Å². The topological polar surface area (TPSA) is 66.5 Å². The quantitative estimate of drug-likeness (QED) is 0.518. The maximum Gasteiger partial charge on any atom is 0.323 e. The first-order valence-corrected chi connectivity index (χ1v) is 10.2. The number of carbonyl (C=O) groups is 1. The molecule has 1 aromatic heterocycles. The van der Waals surface area contributed by atoms with Gasteiger partial charge in [0, 0.05) is 25.3 Å². The molecule has 0 atom stereocenters. The number of amides is 2. The summed E-state index contributed by atoms with van der Waals surface area (Å²) in [5, 5.41) is 5.70. The van der Waals surface area contributed by atoms with E-state index in [-0.39, 0.29) is 11.4 Å². The third-order valence-corrected chi connectivity index (χ3v) is 4.76. The highest BCUT2D eigenvalue weighted by molar-refractivity contribution is 6.00. The molecule has 0 saturated heterocycles. The van der Waals surface area contributed by atoms with Crippen molar-refractivity contribution in [1.29, 1.82) is 0 Å². The van der Waals surface area contributed by atoms with Crippen LogP contribution in [0.5, 0.6) is 11.6 Å². The molecule has 0 fully saturated rings. The molecule has 0 bridgehead atoms. The number of ether oxygens (including phenoxy) is 1. The molecule has 3 aromatic rings. The fraction of sp³-hybridized carbons (Fsp3) is 0.280. The lowest BCUT2D eigenvalue weighted by Gasteiger charge is -2.23. The molecular weight excluding hydrogens is 388 g/mol. The second-order valence-electron chi connectivity index (χ2n) is 8.71. The van der Waals surface area contributed by atoms with Crippen LogP contribution in [-0.4, -0.2) is 25.1 Å². The van der Waals surface area contributed by atoms with E-state index in [0.29, 0.717) is 23.0 Å². The Morgan fingerprint density at radius 2 is 1.61 bits per heavy atom. The predicted octanol–water partition coefficient (Wildman–Crippen LogP) is 6.19. The first kappa shape index (κ1) is 22.2. The van der Waals surface area contributed by atoms with Gasteiger partial charge in [0.05, 0.1) is 0 Å². The van der Waals surface area contributed by atoms with Crippen molar-refractivity contribution in [2.75, 3.05) is 29.6 Å². The Balaban J connectivity index is 1.90. The van der Waals surface area contributed by atoms with Crippen LogP contribution in [0.25, 0.3) is 0 Å². The van der Waals surface area contributed by atoms with E-state index >= 15 is 0 Å². The van der Waals surface area contributed by atoms with Gasteiger partial charge in [0.2, 0.25) is 5.88 Å². The zero-order valence-electron chi connectivity index (χ0n) is 19.0. The summed E-state index contributed by atoms with van der Waals surface area (Å²) in [5.41, 5.74) is 3.27. The van der Waals surface area contributed by atoms with E-state index in [1.54, 1.807) is 6.07 Å². The van der Waals surface area contributed by atoms with Crippen molar-refractivity contribution in [3.8, 4) is 11.6 Å². The zero-order valence-corrected chi connectivity index (χ0v) is 19.0. The molecule has 31 heavy (non-hydrogen) atoms. The van der Waals surface area contributed by atoms with Gasteiger partial charge in [0.1, 0.15) is 17.3 Å². The van der Waals surface area contributed by atoms with Crippen LogP contribution in [0.2, 0.25) is 0 Å². The molecule has 0 aliphatic heterocycles. The number of hydrogen-bond acceptors (Lipinski definition) is 4. The standard InChI is InChI=1S/C25H30N4O2/c1-17-11-13-18(14-12-17)26-24(30)27-20-15-16-22(29(5)6)28-23(20)31-21-10-8-7-9-19(21)25(2,3)4/h7-16H,1-6H3,(H2,26,27,30). The summed E-state index contributed by atoms with van der Waals surface area (Å²) in [5.74, 6) is 1.77. The number of rotatable bonds is 5. The van der Waals surface area contributed by atoms with Gasteiger partial charge in [0.15, 0.2) is 0 Å². The number of pyridine rings is 1. The number of nitrogens with zero attached hydrogens (tertiary/aromatic N) is 2. The molecule has 6 nitrogen and oxygen atoms in total. The lowest BCUT2D eigenvalue weighted by molar-refractivity contribution is 0.262. The Morgan fingerprint density at radius 1 is 0.935 bits per heavy atom. The van der Waals surface area contributed by atoms with Gasteiger partial charge in [-0.1, -0.05) is 56.7 Å². The number of carbonyl (C=O) groups excluding carboxylic acids is 1. The summed E-state index contributed by atoms with van der Waals surface area (Å²) in [6.07, 6.45) is 0. The normalized spacial score (nSPS) is 11.0. The van der Waals surface area contributed by atoms with Gasteiger partial charge in [-0.2, -0.15) is 4.98 Å². The number of para-hydroxylation sites is 1. The first-order chi connectivity index (χ1) is 14.6. The average Bonchev–Trinajstić information content (AvgIpc) is 2.70. The fourth-order valence-corrected chi connectivity index (χ4v) is 3.05. The Labute approximate surface area is 184 Å². The van der Waals surface area contributed by atoms with Gasteiger partial charge in [-0.15, -0.1) is 0 Å². The Morgan fingerprint density at radius 3 is 2.26 bits per heavy atom. The smallest absolute Gasteiger partial charge is 0.323 e. The molecule has 1 heterocycles. The first-order valence-electron chi connectivity index (χ1n) is 10.2. The largest absolute Gasteiger partial charge is 0.437 e. The number of urea groups is 1. The van der Waals surface area contributed by atoms with Crippen molar-refractivity contribution < 1.29 is 9.53 Å². The minimum Gasteiger partial charge on any atom is -0.437 e. The minimum atomic E-state index is -0.364. The second kappa shape index (κ2) is 9.08. The van der Waals surface area contributed by atoms with Gasteiger partial charge in [0.25, 0.3) is 0 Å². The van der Waals surface area contributed by atoms with Gasteiger partial charge < -0.3 is 20.3 Å². The zero-order chi connectivity index (χ0) is 22.6. The number of benzene rings is 2. The minimum absolute atomic E-state index is 0.105. The van der Waals surface area contributed by atoms with Crippen molar-refractivity contribution in [3.63, 3.8) is 0 Å². The van der Waals surface area contributed by atoms with Crippen molar-refractivity contribution in [1.82, 2.24) is 4.98 Å². The van der Waals surface area contributed by atoms with Crippen molar-refractivity contribution >= 4 is 23.2 Å². The van der Waals surface area contributed by atoms with Crippen LogP contribution in [0, 0.1) is 6.92 Å². The third-order valence-electron chi connectivity index (χ3n) is 4.76. The summed E-state index contributed by atoms with van der Waals surface area (Å²) >= 11 is 0. The summed E-state index contributed by atoms with van der Waals surface area (Å²) in [6.45, 7) is 8.40. The monoisotopic (exact) mass is 418 g/mol. The van der Waals surface area contributed by atoms with E-state index < -0.39 is 0 Å². The number of hydrogen-bond donors (Lipinski definition) is 2. The Bertz CT molecular complexity index is 1050. The molecule has 6 heteroatoms. The van der Waals surface area contributed by atoms with Gasteiger partial charge >= 0.3 is 6.03 Å². The molecule has 0 aliphatic rings. The summed E-state index contributed by atoms with van der Waals surface area (Å²) in [4.78, 5) is 19.1. The predicted molar refractivity (Wildman–Crippen MR) is 128 cm³/mol. The van der Waals surface area contributed by atoms with Crippen LogP contribution in [0.15, 0.2) is 60.7 Å². The molecule has 2 amide bonds. The van der Waals surface area contributed by atoms with Gasteiger partial charge in [-0.25, -0.2) is 4.79 Å². The van der Waals surface area contributed by atoms with Crippen molar-refractivity contribution in [3.05, 3.63) is 71.8 Å². The highest BCUT2D eigenvalue weighted by Gasteiger charge is 2.21. The Hall–Kier alpha value is -3.54. The number of aromatic nitrogens is 1. The van der Waals surface area contributed by atoms with E-state index in [1.807, 2.05) is 80.5 Å². The summed E-state index contributed by atoms with van der Waals surface area (Å²) < 4.78 is 6.24. The molecule has 0 saturated carbocycles. The molecule has 2 aromatic carbocycles. The van der Waals surface area contributed by atoms with Crippen LogP contribution in [-0.2, 0) is 5.41 Å². The fourth-order valence-electron chi connectivity index (χ4n) is 3.05. The van der Waals surface area contributed by atoms with Crippen LogP contribution in [0.3, 0.4) is 0 Å². The number of aryl methyl sites for hydroxylation is 1. The molecule has 0 radical (unpaired) electrons. The summed E-state index contributed by atoms with van der Waals surface area (Å²) in [6, 6.07) is 18.8. The lowest BCUT2D eigenvalue weighted by Crippen LogP contribution is -2.20. The summed E-state index contributed by atoms with van der Waals surface area (Å²) in [7, 11) is 3.82. The highest BCUT2D eigenvalue weighted by Crippen LogP contribution is 2.36. The van der Waals surface area contributed by atoms with Crippen LogP contribution in [0.4, 0.5) is 22.0 Å². The number of nitrogens with one attached hydrogen (secondary N) is 2. The van der Waals surface area contributed by atoms with E-state index in [4.69, 9.17) is 4.74 Å². The van der Waals surface area contributed by atoms with Gasteiger partial charge in [-0.3, -0.25) is 0 Å². The van der Waals surface area contributed by atoms with Crippen LogP contribution >= 0.6 is 0 Å². The lowest BCUT2D eigenvalue weighted by atomic mass is 9.86. The number of anilines is 3. The van der Waals surface area contributed by atoms with Crippen LogP contribution < -0.4 is 20.3 Å². The van der Waals surface area contributed by atoms with Crippen molar-refractivity contribution in [2.45, 2.75) is 33.1 Å². The average molecular weight is 419 g/mol. The maximum absolute atomic E-state index is 12.6. The van der Waals surface area contributed by atoms with Crippen LogP contribution in [0.1, 0.15) is 31.9 Å². The van der Waals surface area contributed by atoms with E-state index in [0.717, 1.165) is 16.9 Å².